The average Bonchev–Trinajstić information content (AvgIpc) is 2.66. The van der Waals surface area contributed by atoms with Crippen molar-refractivity contribution >= 4 is 5.91 Å². The number of amides is 1. The highest BCUT2D eigenvalue weighted by molar-refractivity contribution is 5.75. The third kappa shape index (κ3) is 5.55. The first-order valence-corrected chi connectivity index (χ1v) is 9.88. The van der Waals surface area contributed by atoms with Gasteiger partial charge in [0.1, 0.15) is 0 Å². The number of benzene rings is 1. The quantitative estimate of drug-likeness (QED) is 0.832. The van der Waals surface area contributed by atoms with Crippen LogP contribution in [0, 0.1) is 18.8 Å². The van der Waals surface area contributed by atoms with Gasteiger partial charge in [0, 0.05) is 25.5 Å². The van der Waals surface area contributed by atoms with Crippen LogP contribution in [0.4, 0.5) is 0 Å². The summed E-state index contributed by atoms with van der Waals surface area (Å²) in [7, 11) is 0. The van der Waals surface area contributed by atoms with E-state index in [1.54, 1.807) is 0 Å². The van der Waals surface area contributed by atoms with Crippen molar-refractivity contribution in [1.82, 2.24) is 10.6 Å². The maximum atomic E-state index is 12.2. The van der Waals surface area contributed by atoms with E-state index in [-0.39, 0.29) is 12.0 Å². The van der Waals surface area contributed by atoms with E-state index in [4.69, 9.17) is 4.74 Å². The van der Waals surface area contributed by atoms with Gasteiger partial charge in [-0.25, -0.2) is 0 Å². The number of rotatable bonds is 6. The second-order valence-corrected chi connectivity index (χ2v) is 7.64. The fourth-order valence-electron chi connectivity index (χ4n) is 4.02. The van der Waals surface area contributed by atoms with Crippen LogP contribution in [0.1, 0.15) is 55.8 Å². The molecule has 1 aromatic rings. The van der Waals surface area contributed by atoms with Gasteiger partial charge in [0.15, 0.2) is 0 Å². The molecule has 1 aromatic carbocycles. The van der Waals surface area contributed by atoms with Crippen molar-refractivity contribution in [3.63, 3.8) is 0 Å². The molecule has 0 bridgehead atoms. The Kier molecular flexibility index (Phi) is 6.88. The van der Waals surface area contributed by atoms with Crippen molar-refractivity contribution in [1.29, 1.82) is 0 Å². The van der Waals surface area contributed by atoms with Crippen LogP contribution in [0.2, 0.25) is 0 Å². The number of hydrogen-bond acceptors (Lipinski definition) is 3. The lowest BCUT2D eigenvalue weighted by atomic mass is 9.89. The molecule has 0 spiro atoms. The molecule has 4 nitrogen and oxygen atoms in total. The molecule has 0 aromatic heterocycles. The first kappa shape index (κ1) is 18.4. The molecule has 2 heterocycles. The van der Waals surface area contributed by atoms with Crippen LogP contribution >= 0.6 is 0 Å². The maximum absolute atomic E-state index is 12.2. The SMILES string of the molecule is Cc1ccc(C2OCCCC2CNC(=O)CCC2CCNCC2)cc1. The van der Waals surface area contributed by atoms with E-state index in [2.05, 4.69) is 41.8 Å². The Morgan fingerprint density at radius 1 is 1.20 bits per heavy atom. The minimum absolute atomic E-state index is 0.110. The molecule has 2 N–H and O–H groups in total. The summed E-state index contributed by atoms with van der Waals surface area (Å²) in [4.78, 5) is 12.2. The lowest BCUT2D eigenvalue weighted by Gasteiger charge is -2.32. The van der Waals surface area contributed by atoms with Crippen LogP contribution in [-0.2, 0) is 9.53 Å². The summed E-state index contributed by atoms with van der Waals surface area (Å²) < 4.78 is 6.05. The van der Waals surface area contributed by atoms with Crippen LogP contribution in [0.5, 0.6) is 0 Å². The Hall–Kier alpha value is -1.39. The molecule has 2 atom stereocenters. The molecule has 0 radical (unpaired) electrons. The van der Waals surface area contributed by atoms with Crippen molar-refractivity contribution in [2.24, 2.45) is 11.8 Å². The van der Waals surface area contributed by atoms with Gasteiger partial charge in [-0.2, -0.15) is 0 Å². The third-order valence-corrected chi connectivity index (χ3v) is 5.65. The van der Waals surface area contributed by atoms with Crippen LogP contribution in [0.3, 0.4) is 0 Å². The van der Waals surface area contributed by atoms with E-state index in [9.17, 15) is 4.79 Å². The van der Waals surface area contributed by atoms with E-state index in [0.717, 1.165) is 45.5 Å². The lowest BCUT2D eigenvalue weighted by molar-refractivity contribution is -0.122. The molecule has 1 amide bonds. The standard InChI is InChI=1S/C21H32N2O2/c1-16-4-7-18(8-5-16)21-19(3-2-14-25-21)15-23-20(24)9-6-17-10-12-22-13-11-17/h4-5,7-8,17,19,21-22H,2-3,6,9-15H2,1H3,(H,23,24). The van der Waals surface area contributed by atoms with E-state index in [1.165, 1.54) is 24.0 Å². The van der Waals surface area contributed by atoms with Crippen molar-refractivity contribution in [2.75, 3.05) is 26.2 Å². The van der Waals surface area contributed by atoms with Gasteiger partial charge in [0.05, 0.1) is 6.10 Å². The van der Waals surface area contributed by atoms with Gasteiger partial charge >= 0.3 is 0 Å². The molecule has 25 heavy (non-hydrogen) atoms. The molecule has 2 unspecified atom stereocenters. The zero-order chi connectivity index (χ0) is 17.5. The molecule has 138 valence electrons. The highest BCUT2D eigenvalue weighted by Crippen LogP contribution is 2.33. The first-order chi connectivity index (χ1) is 12.2. The Balaban J connectivity index is 1.46. The average molecular weight is 344 g/mol. The molecule has 2 aliphatic heterocycles. The Morgan fingerprint density at radius 3 is 2.72 bits per heavy atom. The number of nitrogens with one attached hydrogen (secondary N) is 2. The van der Waals surface area contributed by atoms with Crippen molar-refractivity contribution < 1.29 is 9.53 Å². The molecule has 2 aliphatic rings. The maximum Gasteiger partial charge on any atom is 0.220 e. The van der Waals surface area contributed by atoms with Crippen LogP contribution in [0.15, 0.2) is 24.3 Å². The van der Waals surface area contributed by atoms with Crippen molar-refractivity contribution in [2.45, 2.75) is 51.6 Å². The number of aryl methyl sites for hydroxylation is 1. The predicted molar refractivity (Wildman–Crippen MR) is 100 cm³/mol. The summed E-state index contributed by atoms with van der Waals surface area (Å²) in [5.41, 5.74) is 2.50. The monoisotopic (exact) mass is 344 g/mol. The van der Waals surface area contributed by atoms with Gasteiger partial charge in [-0.15, -0.1) is 0 Å². The topological polar surface area (TPSA) is 50.4 Å². The summed E-state index contributed by atoms with van der Waals surface area (Å²) >= 11 is 0. The van der Waals surface area contributed by atoms with Crippen LogP contribution < -0.4 is 10.6 Å². The van der Waals surface area contributed by atoms with E-state index in [0.29, 0.717) is 18.3 Å². The van der Waals surface area contributed by atoms with E-state index in [1.807, 2.05) is 0 Å². The van der Waals surface area contributed by atoms with Crippen molar-refractivity contribution in [3.05, 3.63) is 35.4 Å². The molecular weight excluding hydrogens is 312 g/mol. The third-order valence-electron chi connectivity index (χ3n) is 5.65. The van der Waals surface area contributed by atoms with Crippen molar-refractivity contribution in [3.8, 4) is 0 Å². The number of piperidine rings is 1. The second kappa shape index (κ2) is 9.35. The van der Waals surface area contributed by atoms with E-state index < -0.39 is 0 Å². The Bertz CT molecular complexity index is 537. The van der Waals surface area contributed by atoms with Gasteiger partial charge in [-0.1, -0.05) is 29.8 Å². The summed E-state index contributed by atoms with van der Waals surface area (Å²) in [5.74, 6) is 1.29. The first-order valence-electron chi connectivity index (χ1n) is 9.88. The molecule has 2 fully saturated rings. The second-order valence-electron chi connectivity index (χ2n) is 7.64. The number of carbonyl (C=O) groups is 1. The van der Waals surface area contributed by atoms with Crippen LogP contribution in [0.25, 0.3) is 0 Å². The highest BCUT2D eigenvalue weighted by Gasteiger charge is 2.27. The van der Waals surface area contributed by atoms with Gasteiger partial charge in [0.25, 0.3) is 0 Å². The van der Waals surface area contributed by atoms with E-state index >= 15 is 0 Å². The molecule has 3 rings (SSSR count). The smallest absolute Gasteiger partial charge is 0.220 e. The summed E-state index contributed by atoms with van der Waals surface area (Å²) in [6.45, 7) is 5.85. The molecular formula is C21H32N2O2. The molecule has 4 heteroatoms. The summed E-state index contributed by atoms with van der Waals surface area (Å²) in [6, 6.07) is 8.61. The van der Waals surface area contributed by atoms with Gasteiger partial charge in [-0.05, 0) is 63.6 Å². The minimum Gasteiger partial charge on any atom is -0.373 e. The largest absolute Gasteiger partial charge is 0.373 e. The minimum atomic E-state index is 0.110. The Labute approximate surface area is 151 Å². The number of carbonyl (C=O) groups excluding carboxylic acids is 1. The fourth-order valence-corrected chi connectivity index (χ4v) is 4.02. The lowest BCUT2D eigenvalue weighted by Crippen LogP contribution is -2.35. The summed E-state index contributed by atoms with van der Waals surface area (Å²) in [6.07, 6.45) is 6.41. The van der Waals surface area contributed by atoms with Gasteiger partial charge in [-0.3, -0.25) is 4.79 Å². The fraction of sp³-hybridized carbons (Fsp3) is 0.667. The normalized spacial score (nSPS) is 24.8. The predicted octanol–water partition coefficient (Wildman–Crippen LogP) is 3.36. The van der Waals surface area contributed by atoms with Gasteiger partial charge < -0.3 is 15.4 Å². The van der Waals surface area contributed by atoms with Crippen LogP contribution in [-0.4, -0.2) is 32.1 Å². The molecule has 0 saturated carbocycles. The van der Waals surface area contributed by atoms with Gasteiger partial charge in [0.2, 0.25) is 5.91 Å². The number of hydrogen-bond donors (Lipinski definition) is 2. The highest BCUT2D eigenvalue weighted by atomic mass is 16.5. The zero-order valence-electron chi connectivity index (χ0n) is 15.4. The number of ether oxygens (including phenoxy) is 1. The molecule has 0 aliphatic carbocycles. The summed E-state index contributed by atoms with van der Waals surface area (Å²) in [5, 5.41) is 6.55. The Morgan fingerprint density at radius 2 is 1.96 bits per heavy atom. The zero-order valence-corrected chi connectivity index (χ0v) is 15.4. The molecule has 2 saturated heterocycles.